The second kappa shape index (κ2) is 4.27. The highest BCUT2D eigenvalue weighted by molar-refractivity contribution is 5.78. The van der Waals surface area contributed by atoms with Crippen molar-refractivity contribution in [3.63, 3.8) is 0 Å². The standard InChI is InChI=1S/C13H25N3/c1-9(2)13(3)7-11(13)16-12(14)15-8-10-5-4-6-10/h9-11H,4-8H2,1-3H3,(H3,14,15,16). The summed E-state index contributed by atoms with van der Waals surface area (Å²) < 4.78 is 0. The molecule has 0 spiro atoms. The summed E-state index contributed by atoms with van der Waals surface area (Å²) >= 11 is 0. The molecule has 2 rings (SSSR count). The summed E-state index contributed by atoms with van der Waals surface area (Å²) in [5.74, 6) is 2.17. The highest BCUT2D eigenvalue weighted by Crippen LogP contribution is 2.51. The van der Waals surface area contributed by atoms with Gasteiger partial charge in [-0.05, 0) is 36.5 Å². The Hall–Kier alpha value is -0.730. The van der Waals surface area contributed by atoms with Gasteiger partial charge in [0.15, 0.2) is 5.96 Å². The molecule has 0 aromatic heterocycles. The average Bonchev–Trinajstić information content (AvgIpc) is 2.75. The van der Waals surface area contributed by atoms with Gasteiger partial charge in [0.25, 0.3) is 0 Å². The van der Waals surface area contributed by atoms with Crippen molar-refractivity contribution in [1.29, 1.82) is 0 Å². The van der Waals surface area contributed by atoms with Crippen LogP contribution in [0.15, 0.2) is 4.99 Å². The molecule has 0 aromatic rings. The van der Waals surface area contributed by atoms with Gasteiger partial charge in [-0.15, -0.1) is 0 Å². The normalized spacial score (nSPS) is 35.0. The lowest BCUT2D eigenvalue weighted by Gasteiger charge is -2.23. The molecule has 2 fully saturated rings. The van der Waals surface area contributed by atoms with Crippen molar-refractivity contribution >= 4 is 5.96 Å². The lowest BCUT2D eigenvalue weighted by atomic mass is 9.86. The Bertz CT molecular complexity index is 281. The molecular formula is C13H25N3. The number of aliphatic imine (C=N–C) groups is 1. The topological polar surface area (TPSA) is 50.4 Å². The number of rotatable bonds is 4. The molecule has 0 aliphatic heterocycles. The van der Waals surface area contributed by atoms with E-state index in [2.05, 4.69) is 31.1 Å². The van der Waals surface area contributed by atoms with Gasteiger partial charge in [0.2, 0.25) is 0 Å². The molecule has 3 heteroatoms. The van der Waals surface area contributed by atoms with E-state index in [1.54, 1.807) is 0 Å². The van der Waals surface area contributed by atoms with Crippen LogP contribution in [-0.4, -0.2) is 18.5 Å². The fourth-order valence-corrected chi connectivity index (χ4v) is 2.36. The van der Waals surface area contributed by atoms with Crippen LogP contribution in [0.1, 0.15) is 46.5 Å². The first kappa shape index (κ1) is 11.7. The van der Waals surface area contributed by atoms with E-state index in [0.717, 1.165) is 12.5 Å². The van der Waals surface area contributed by atoms with Crippen LogP contribution in [0.4, 0.5) is 0 Å². The van der Waals surface area contributed by atoms with Crippen molar-refractivity contribution in [3.8, 4) is 0 Å². The van der Waals surface area contributed by atoms with Crippen molar-refractivity contribution in [2.45, 2.75) is 52.5 Å². The van der Waals surface area contributed by atoms with Crippen LogP contribution in [-0.2, 0) is 0 Å². The monoisotopic (exact) mass is 223 g/mol. The van der Waals surface area contributed by atoms with Gasteiger partial charge in [-0.3, -0.25) is 4.99 Å². The lowest BCUT2D eigenvalue weighted by Crippen LogP contribution is -2.37. The zero-order valence-corrected chi connectivity index (χ0v) is 10.8. The Labute approximate surface area is 98.9 Å². The highest BCUT2D eigenvalue weighted by atomic mass is 15.1. The molecule has 0 amide bonds. The molecule has 2 unspecified atom stereocenters. The highest BCUT2D eigenvalue weighted by Gasteiger charge is 2.52. The molecule has 0 heterocycles. The van der Waals surface area contributed by atoms with Crippen LogP contribution in [0.3, 0.4) is 0 Å². The van der Waals surface area contributed by atoms with E-state index < -0.39 is 0 Å². The summed E-state index contributed by atoms with van der Waals surface area (Å²) in [6.45, 7) is 7.81. The minimum Gasteiger partial charge on any atom is -0.370 e. The van der Waals surface area contributed by atoms with Crippen LogP contribution >= 0.6 is 0 Å². The van der Waals surface area contributed by atoms with E-state index >= 15 is 0 Å². The zero-order chi connectivity index (χ0) is 11.8. The maximum atomic E-state index is 5.90. The molecule has 0 bridgehead atoms. The molecule has 2 atom stereocenters. The molecule has 2 aliphatic rings. The number of guanidine groups is 1. The minimum absolute atomic E-state index is 0.427. The number of hydrogen-bond donors (Lipinski definition) is 2. The predicted octanol–water partition coefficient (Wildman–Crippen LogP) is 2.13. The summed E-state index contributed by atoms with van der Waals surface area (Å²) in [5.41, 5.74) is 6.33. The van der Waals surface area contributed by atoms with Crippen LogP contribution in [0.5, 0.6) is 0 Å². The summed E-state index contributed by atoms with van der Waals surface area (Å²) in [6, 6.07) is 0.539. The average molecular weight is 223 g/mol. The largest absolute Gasteiger partial charge is 0.370 e. The molecule has 2 aliphatic carbocycles. The van der Waals surface area contributed by atoms with Crippen molar-refractivity contribution in [3.05, 3.63) is 0 Å². The summed E-state index contributed by atoms with van der Waals surface area (Å²) in [5, 5.41) is 3.36. The Morgan fingerprint density at radius 1 is 1.50 bits per heavy atom. The van der Waals surface area contributed by atoms with Crippen molar-refractivity contribution < 1.29 is 0 Å². The third kappa shape index (κ3) is 2.33. The fraction of sp³-hybridized carbons (Fsp3) is 0.923. The van der Waals surface area contributed by atoms with Crippen LogP contribution in [0.2, 0.25) is 0 Å². The SMILES string of the molecule is CC(C)C1(C)CC1NC(N)=NCC1CCC1. The molecule has 0 aromatic carbocycles. The Morgan fingerprint density at radius 2 is 2.19 bits per heavy atom. The third-order valence-corrected chi connectivity index (χ3v) is 4.67. The van der Waals surface area contributed by atoms with E-state index in [1.165, 1.54) is 25.7 Å². The molecule has 3 nitrogen and oxygen atoms in total. The number of nitrogens with two attached hydrogens (primary N) is 1. The van der Waals surface area contributed by atoms with Gasteiger partial charge < -0.3 is 11.1 Å². The third-order valence-electron chi connectivity index (χ3n) is 4.67. The first-order chi connectivity index (χ1) is 7.52. The van der Waals surface area contributed by atoms with E-state index in [9.17, 15) is 0 Å². The van der Waals surface area contributed by atoms with Crippen LogP contribution < -0.4 is 11.1 Å². The van der Waals surface area contributed by atoms with Gasteiger partial charge in [0.05, 0.1) is 0 Å². The van der Waals surface area contributed by atoms with Crippen LogP contribution in [0, 0.1) is 17.3 Å². The molecule has 3 N–H and O–H groups in total. The molecular weight excluding hydrogens is 198 g/mol. The number of hydrogen-bond acceptors (Lipinski definition) is 1. The Balaban J connectivity index is 1.73. The number of nitrogens with zero attached hydrogens (tertiary/aromatic N) is 1. The minimum atomic E-state index is 0.427. The quantitative estimate of drug-likeness (QED) is 0.566. The van der Waals surface area contributed by atoms with E-state index in [1.807, 2.05) is 0 Å². The van der Waals surface area contributed by atoms with E-state index in [4.69, 9.17) is 5.73 Å². The molecule has 16 heavy (non-hydrogen) atoms. The summed E-state index contributed by atoms with van der Waals surface area (Å²) in [7, 11) is 0. The summed E-state index contributed by atoms with van der Waals surface area (Å²) in [6.07, 6.45) is 5.28. The summed E-state index contributed by atoms with van der Waals surface area (Å²) in [4.78, 5) is 4.43. The second-order valence-electron chi connectivity index (χ2n) is 6.08. The lowest BCUT2D eigenvalue weighted by molar-refractivity contribution is 0.325. The fourth-order valence-electron chi connectivity index (χ4n) is 2.36. The van der Waals surface area contributed by atoms with Crippen LogP contribution in [0.25, 0.3) is 0 Å². The van der Waals surface area contributed by atoms with Gasteiger partial charge in [0, 0.05) is 12.6 Å². The molecule has 2 saturated carbocycles. The zero-order valence-electron chi connectivity index (χ0n) is 10.8. The first-order valence-corrected chi connectivity index (χ1v) is 6.59. The first-order valence-electron chi connectivity index (χ1n) is 6.59. The maximum Gasteiger partial charge on any atom is 0.188 e. The van der Waals surface area contributed by atoms with Gasteiger partial charge in [-0.25, -0.2) is 0 Å². The maximum absolute atomic E-state index is 5.90. The van der Waals surface area contributed by atoms with E-state index in [-0.39, 0.29) is 0 Å². The van der Waals surface area contributed by atoms with Crippen molar-refractivity contribution in [2.75, 3.05) is 6.54 Å². The Morgan fingerprint density at radius 3 is 2.62 bits per heavy atom. The molecule has 0 radical (unpaired) electrons. The van der Waals surface area contributed by atoms with E-state index in [0.29, 0.717) is 23.3 Å². The second-order valence-corrected chi connectivity index (χ2v) is 6.08. The van der Waals surface area contributed by atoms with Gasteiger partial charge in [0.1, 0.15) is 0 Å². The van der Waals surface area contributed by atoms with Crippen molar-refractivity contribution in [2.24, 2.45) is 28.0 Å². The van der Waals surface area contributed by atoms with Gasteiger partial charge in [-0.2, -0.15) is 0 Å². The van der Waals surface area contributed by atoms with Crippen molar-refractivity contribution in [1.82, 2.24) is 5.32 Å². The Kier molecular flexibility index (Phi) is 3.13. The van der Waals surface area contributed by atoms with Gasteiger partial charge in [-0.1, -0.05) is 27.2 Å². The molecule has 0 saturated heterocycles. The number of nitrogens with one attached hydrogen (secondary N) is 1. The van der Waals surface area contributed by atoms with Gasteiger partial charge >= 0.3 is 0 Å². The predicted molar refractivity (Wildman–Crippen MR) is 68.3 cm³/mol. The molecule has 92 valence electrons. The smallest absolute Gasteiger partial charge is 0.188 e.